The van der Waals surface area contributed by atoms with Crippen LogP contribution in [0.3, 0.4) is 0 Å². The smallest absolute Gasteiger partial charge is 0.255 e. The van der Waals surface area contributed by atoms with Crippen LogP contribution in [0.25, 0.3) is 0 Å². The fraction of sp³-hybridized carbons (Fsp3) is 0.852. The molecule has 1 rings (SSSR count). The topological polar surface area (TPSA) is 238 Å². The molecule has 0 aromatic rings. The summed E-state index contributed by atoms with van der Waals surface area (Å²) >= 11 is 0. The molecule has 14 heteroatoms. The van der Waals surface area contributed by atoms with Gasteiger partial charge >= 0.3 is 0 Å². The van der Waals surface area contributed by atoms with Crippen LogP contribution in [0.5, 0.6) is 0 Å². The molecule has 1 fully saturated rings. The van der Waals surface area contributed by atoms with Gasteiger partial charge in [0.15, 0.2) is 0 Å². The minimum absolute atomic E-state index is 0.0920. The van der Waals surface area contributed by atoms with Gasteiger partial charge in [0.1, 0.15) is 24.4 Å². The summed E-state index contributed by atoms with van der Waals surface area (Å²) in [6.07, 6.45) is 3.68. The molecule has 1 saturated heterocycles. The monoisotopic (exact) mass is 589 g/mol. The van der Waals surface area contributed by atoms with Gasteiger partial charge < -0.3 is 47.3 Å². The maximum absolute atomic E-state index is 13.4. The summed E-state index contributed by atoms with van der Waals surface area (Å²) in [5, 5.41) is 45.8. The molecule has 10 N–H and O–H groups in total. The lowest BCUT2D eigenvalue weighted by Crippen LogP contribution is -2.74. The molecule has 0 spiro atoms. The number of ether oxygens (including phenoxy) is 1. The highest BCUT2D eigenvalue weighted by Crippen LogP contribution is 2.32. The van der Waals surface area contributed by atoms with Crippen molar-refractivity contribution in [2.24, 2.45) is 11.5 Å². The number of nitrogens with two attached hydrogens (primary N) is 2. The van der Waals surface area contributed by atoms with Crippen LogP contribution in [0.1, 0.15) is 90.9 Å². The highest BCUT2D eigenvalue weighted by atomic mass is 16.6. The second-order valence-corrected chi connectivity index (χ2v) is 10.6. The van der Waals surface area contributed by atoms with Gasteiger partial charge in [-0.25, -0.2) is 4.90 Å². The predicted molar refractivity (Wildman–Crippen MR) is 149 cm³/mol. The lowest BCUT2D eigenvalue weighted by atomic mass is 9.96. The van der Waals surface area contributed by atoms with Gasteiger partial charge in [-0.05, 0) is 13.3 Å². The largest absolute Gasteiger partial charge is 0.394 e. The Morgan fingerprint density at radius 2 is 1.54 bits per heavy atom. The fourth-order valence-electron chi connectivity index (χ4n) is 4.83. The number of carbonyl (C=O) groups is 4. The molecule has 0 saturated carbocycles. The zero-order chi connectivity index (χ0) is 31.0. The van der Waals surface area contributed by atoms with E-state index in [0.29, 0.717) is 11.3 Å². The second-order valence-electron chi connectivity index (χ2n) is 10.6. The number of nitrogens with one attached hydrogen (secondary N) is 2. The van der Waals surface area contributed by atoms with Gasteiger partial charge in [-0.2, -0.15) is 0 Å². The molecule has 238 valence electrons. The standard InChI is InChI=1S/C27H51N5O9/c1-3-4-5-6-7-8-9-10-11-12-13-19(34)25(39)31-27(14-20(35)24(38)21(17-33)41-27)32(23(37)16-29)26(40)18(2)30-22(36)15-28/h18-21,24,33-35,38H,3-17,28-29H2,1-2H3,(H,30,36)(H,31,39)/t18-,19?,20+,21+,24-,27+/m0/s1. The van der Waals surface area contributed by atoms with Gasteiger partial charge in [-0.15, -0.1) is 0 Å². The molecule has 0 bridgehead atoms. The summed E-state index contributed by atoms with van der Waals surface area (Å²) in [6, 6.07) is -1.34. The second kappa shape index (κ2) is 19.1. The third-order valence-electron chi connectivity index (χ3n) is 7.18. The van der Waals surface area contributed by atoms with Crippen LogP contribution in [-0.2, 0) is 23.9 Å². The van der Waals surface area contributed by atoms with E-state index in [-0.39, 0.29) is 6.42 Å². The van der Waals surface area contributed by atoms with E-state index in [4.69, 9.17) is 16.2 Å². The highest BCUT2D eigenvalue weighted by Gasteiger charge is 2.55. The lowest BCUT2D eigenvalue weighted by molar-refractivity contribution is -0.276. The third-order valence-corrected chi connectivity index (χ3v) is 7.18. The van der Waals surface area contributed by atoms with Gasteiger partial charge in [0.2, 0.25) is 17.7 Å². The van der Waals surface area contributed by atoms with Crippen molar-refractivity contribution in [3.63, 3.8) is 0 Å². The number of nitrogens with zero attached hydrogens (tertiary/aromatic N) is 1. The lowest BCUT2D eigenvalue weighted by Gasteiger charge is -2.50. The van der Waals surface area contributed by atoms with Gasteiger partial charge in [0.25, 0.3) is 11.8 Å². The number of rotatable bonds is 19. The van der Waals surface area contributed by atoms with Crippen LogP contribution in [-0.4, -0.2) is 105 Å². The van der Waals surface area contributed by atoms with Gasteiger partial charge in [-0.3, -0.25) is 19.2 Å². The van der Waals surface area contributed by atoms with Crippen molar-refractivity contribution in [2.75, 3.05) is 19.7 Å². The molecule has 1 heterocycles. The number of amides is 4. The summed E-state index contributed by atoms with van der Waals surface area (Å²) in [5.41, 5.74) is 10.8. The number of unbranched alkanes of at least 4 members (excludes halogenated alkanes) is 9. The molecule has 4 amide bonds. The van der Waals surface area contributed by atoms with Crippen LogP contribution in [0.2, 0.25) is 0 Å². The van der Waals surface area contributed by atoms with Crippen molar-refractivity contribution in [3.05, 3.63) is 0 Å². The minimum atomic E-state index is -2.43. The first-order valence-electron chi connectivity index (χ1n) is 14.7. The molecule has 0 aromatic carbocycles. The zero-order valence-electron chi connectivity index (χ0n) is 24.4. The van der Waals surface area contributed by atoms with E-state index in [1.807, 2.05) is 0 Å². The number of hydrogen-bond donors (Lipinski definition) is 8. The number of aliphatic hydroxyl groups excluding tert-OH is 4. The summed E-state index contributed by atoms with van der Waals surface area (Å²) in [4.78, 5) is 51.7. The van der Waals surface area contributed by atoms with Crippen molar-refractivity contribution >= 4 is 23.6 Å². The van der Waals surface area contributed by atoms with Crippen LogP contribution < -0.4 is 22.1 Å². The molecule has 1 unspecified atom stereocenters. The SMILES string of the molecule is CCCCCCCCCCCCC(O)C(=O)N[C@@]1(N(C(=O)CN)C(=O)[C@H](C)NC(=O)CN)C[C@@H](O)[C@H](O)[C@@H](CO)O1. The molecule has 41 heavy (non-hydrogen) atoms. The predicted octanol–water partition coefficient (Wildman–Crippen LogP) is -1.29. The Morgan fingerprint density at radius 1 is 0.976 bits per heavy atom. The van der Waals surface area contributed by atoms with Gasteiger partial charge in [-0.1, -0.05) is 71.1 Å². The van der Waals surface area contributed by atoms with E-state index in [1.165, 1.54) is 39.0 Å². The van der Waals surface area contributed by atoms with Gasteiger partial charge in [0, 0.05) is 6.42 Å². The third kappa shape index (κ3) is 11.5. The van der Waals surface area contributed by atoms with Crippen LogP contribution >= 0.6 is 0 Å². The first kappa shape index (κ1) is 36.8. The summed E-state index contributed by atoms with van der Waals surface area (Å²) in [6.45, 7) is 1.43. The van der Waals surface area contributed by atoms with E-state index in [2.05, 4.69) is 17.6 Å². The molecular formula is C27H51N5O9. The Balaban J connectivity index is 3.01. The van der Waals surface area contributed by atoms with Crippen molar-refractivity contribution < 1.29 is 44.3 Å². The van der Waals surface area contributed by atoms with Crippen LogP contribution in [0, 0.1) is 0 Å². The summed E-state index contributed by atoms with van der Waals surface area (Å²) in [5.74, 6) is -6.25. The number of carbonyl (C=O) groups excluding carboxylic acids is 4. The van der Waals surface area contributed by atoms with E-state index in [1.54, 1.807) is 0 Å². The van der Waals surface area contributed by atoms with Crippen molar-refractivity contribution in [2.45, 2.75) is 127 Å². The first-order chi connectivity index (χ1) is 19.5. The van der Waals surface area contributed by atoms with Crippen molar-refractivity contribution in [1.82, 2.24) is 15.5 Å². The molecule has 1 aliphatic heterocycles. The number of hydrogen-bond acceptors (Lipinski definition) is 11. The Hall–Kier alpha value is -2.20. The molecule has 0 radical (unpaired) electrons. The summed E-state index contributed by atoms with van der Waals surface area (Å²) < 4.78 is 5.71. The quantitative estimate of drug-likeness (QED) is 0.0651. The molecule has 6 atom stereocenters. The average Bonchev–Trinajstić information content (AvgIpc) is 2.95. The highest BCUT2D eigenvalue weighted by molar-refractivity contribution is 6.01. The van der Waals surface area contributed by atoms with Crippen LogP contribution in [0.4, 0.5) is 0 Å². The molecular weight excluding hydrogens is 538 g/mol. The van der Waals surface area contributed by atoms with Crippen LogP contribution in [0.15, 0.2) is 0 Å². The minimum Gasteiger partial charge on any atom is -0.394 e. The molecule has 1 aliphatic rings. The Kier molecular flexibility index (Phi) is 17.1. The van der Waals surface area contributed by atoms with Gasteiger partial charge in [0.05, 0.1) is 25.8 Å². The first-order valence-corrected chi connectivity index (χ1v) is 14.7. The van der Waals surface area contributed by atoms with E-state index in [0.717, 1.165) is 25.7 Å². The van der Waals surface area contributed by atoms with E-state index in [9.17, 15) is 39.6 Å². The maximum Gasteiger partial charge on any atom is 0.255 e. The summed E-state index contributed by atoms with van der Waals surface area (Å²) in [7, 11) is 0. The normalized spacial score (nSPS) is 23.9. The number of imide groups is 1. The Bertz CT molecular complexity index is 833. The number of aliphatic hydroxyl groups is 4. The van der Waals surface area contributed by atoms with E-state index >= 15 is 0 Å². The molecule has 0 aromatic heterocycles. The van der Waals surface area contributed by atoms with E-state index < -0.39 is 86.1 Å². The maximum atomic E-state index is 13.4. The molecule has 14 nitrogen and oxygen atoms in total. The van der Waals surface area contributed by atoms with Crippen molar-refractivity contribution in [3.8, 4) is 0 Å². The fourth-order valence-corrected chi connectivity index (χ4v) is 4.83. The molecule has 0 aliphatic carbocycles. The average molecular weight is 590 g/mol. The Labute approximate surface area is 242 Å². The van der Waals surface area contributed by atoms with Crippen molar-refractivity contribution in [1.29, 1.82) is 0 Å². The Morgan fingerprint density at radius 3 is 2.05 bits per heavy atom. The zero-order valence-corrected chi connectivity index (χ0v) is 24.4.